The summed E-state index contributed by atoms with van der Waals surface area (Å²) < 4.78 is 85.9. The summed E-state index contributed by atoms with van der Waals surface area (Å²) in [5.41, 5.74) is -4.08. The summed E-state index contributed by atoms with van der Waals surface area (Å²) in [6, 6.07) is 2.30. The van der Waals surface area contributed by atoms with Crippen LogP contribution in [0.1, 0.15) is 86.0 Å². The van der Waals surface area contributed by atoms with E-state index < -0.39 is 85.9 Å². The monoisotopic (exact) mass is 879 g/mol. The molecule has 2 aromatic rings. The Labute approximate surface area is 353 Å². The highest BCUT2D eigenvalue weighted by Gasteiger charge is 2.63. The lowest BCUT2D eigenvalue weighted by Gasteiger charge is -2.35. The molecule has 3 N–H and O–H groups in total. The largest absolute Gasteiger partial charge is 0.497 e. The molecule has 1 saturated heterocycles. The van der Waals surface area contributed by atoms with Crippen LogP contribution in [-0.2, 0) is 29.1 Å². The third kappa shape index (κ3) is 9.48. The van der Waals surface area contributed by atoms with Gasteiger partial charge in [0.2, 0.25) is 39.3 Å². The molecule has 20 heteroatoms. The van der Waals surface area contributed by atoms with Gasteiger partial charge in [-0.05, 0) is 83.3 Å². The third-order valence-electron chi connectivity index (χ3n) is 12.4. The van der Waals surface area contributed by atoms with Crippen LogP contribution >= 0.6 is 0 Å². The van der Waals surface area contributed by atoms with E-state index in [2.05, 4.69) is 25.3 Å². The number of alkyl carbamates (subject to hydrolysis) is 1. The number of hydrogen-bond acceptors (Lipinski definition) is 12. The fourth-order valence-electron chi connectivity index (χ4n) is 7.90. The lowest BCUT2D eigenvalue weighted by atomic mass is 9.85. The second-order valence-corrected chi connectivity index (χ2v) is 20.0. The van der Waals surface area contributed by atoms with E-state index in [9.17, 15) is 40.8 Å². The van der Waals surface area contributed by atoms with Gasteiger partial charge in [-0.1, -0.05) is 32.4 Å². The average Bonchev–Trinajstić information content (AvgIpc) is 4.06. The van der Waals surface area contributed by atoms with Gasteiger partial charge in [-0.15, -0.1) is 0 Å². The number of nitrogens with zero attached hydrogens (tertiary/aromatic N) is 4. The van der Waals surface area contributed by atoms with Crippen molar-refractivity contribution in [3.8, 4) is 11.6 Å². The van der Waals surface area contributed by atoms with Crippen molar-refractivity contribution in [2.75, 3.05) is 32.6 Å². The molecule has 6 rings (SSSR count). The molecular weight excluding hydrogens is 824 g/mol. The molecule has 4 aliphatic rings. The summed E-state index contributed by atoms with van der Waals surface area (Å²) in [7, 11) is 0.892. The number of alkyl halides is 3. The minimum atomic E-state index is -4.92. The predicted octanol–water partition coefficient (Wildman–Crippen LogP) is 4.76. The van der Waals surface area contributed by atoms with Crippen LogP contribution in [0.15, 0.2) is 30.4 Å². The molecule has 1 aromatic carbocycles. The number of fused-ring (bicyclic) bond motifs is 3. The number of carbonyl (C=O) groups is 4. The number of methoxy groups -OCH3 is 1. The fourth-order valence-corrected chi connectivity index (χ4v) is 9.22. The third-order valence-corrected chi connectivity index (χ3v) is 14.6. The average molecular weight is 880 g/mol. The topological polar surface area (TPSA) is 198 Å². The Kier molecular flexibility index (Phi) is 12.5. The number of aromatic nitrogens is 2. The van der Waals surface area contributed by atoms with Gasteiger partial charge in [0.1, 0.15) is 29.5 Å². The van der Waals surface area contributed by atoms with Gasteiger partial charge < -0.3 is 34.6 Å². The van der Waals surface area contributed by atoms with Gasteiger partial charge in [0.15, 0.2) is 0 Å². The smallest absolute Gasteiger partial charge is 0.427 e. The molecule has 0 spiro atoms. The van der Waals surface area contributed by atoms with Crippen LogP contribution < -0.4 is 29.7 Å². The van der Waals surface area contributed by atoms with Crippen molar-refractivity contribution >= 4 is 50.7 Å². The van der Waals surface area contributed by atoms with E-state index in [1.54, 1.807) is 50.2 Å². The Hall–Kier alpha value is -4.88. The van der Waals surface area contributed by atoms with Crippen LogP contribution in [-0.4, -0.2) is 115 Å². The zero-order valence-electron chi connectivity index (χ0n) is 35.7. The standard InChI is InChI=1S/C41H56F3N7O9S/c1-9-24-18-23(2)12-10-11-13-25-21-40(25,35(54)49-61(56,57)39(5)16-17-39)48-32(52)30-20-27(22-51(30)34(53)31(24)46-37(55)60-38(3,4)41(42,43)44)59-33-28-15-14-26(58-8)19-29(28)45-36(47-33)50(6)7/h11,13-15,19,23-25,27,30-31H,9-10,12,16-18,20-22H2,1-8H3,(H,46,55)(H,48,52)(H,49,54)/b13-11-/t23-,24-,25-,27-,30+,31+,40-/m1/s1. The number of nitrogens with one attached hydrogen (secondary N) is 3. The Morgan fingerprint density at radius 1 is 1.11 bits per heavy atom. The number of ether oxygens (including phenoxy) is 3. The SMILES string of the molecule is CC[C@@H]1C[C@H](C)CC/C=C\[C@@H]2C[C@@]2(C(=O)NS(=O)(=O)C2(C)CC2)NC(=O)[C@@H]2C[C@@H](Oc3nc(N(C)C)nc4cc(OC)ccc34)CN2C(=O)[C@H]1NC(=O)OC(C)(C)C(F)(F)F. The van der Waals surface area contributed by atoms with Gasteiger partial charge in [-0.3, -0.25) is 19.1 Å². The number of rotatable bonds is 10. The normalized spacial score (nSPS) is 28.5. The van der Waals surface area contributed by atoms with E-state index in [0.29, 0.717) is 69.0 Å². The molecule has 2 saturated carbocycles. The quantitative estimate of drug-likeness (QED) is 0.277. The first kappa shape index (κ1) is 45.6. The summed E-state index contributed by atoms with van der Waals surface area (Å²) >= 11 is 0. The Bertz CT molecular complexity index is 2180. The maximum atomic E-state index is 15.0. The number of sulfonamides is 1. The van der Waals surface area contributed by atoms with Crippen LogP contribution in [0.5, 0.6) is 11.6 Å². The second-order valence-electron chi connectivity index (χ2n) is 17.8. The Morgan fingerprint density at radius 3 is 2.44 bits per heavy atom. The maximum Gasteiger partial charge on any atom is 0.427 e. The predicted molar refractivity (Wildman–Crippen MR) is 218 cm³/mol. The number of carbonyl (C=O) groups excluding carboxylic acids is 4. The highest BCUT2D eigenvalue weighted by Crippen LogP contribution is 2.48. The van der Waals surface area contributed by atoms with Crippen LogP contribution in [0.25, 0.3) is 10.9 Å². The Morgan fingerprint density at radius 2 is 1.82 bits per heavy atom. The molecule has 336 valence electrons. The summed E-state index contributed by atoms with van der Waals surface area (Å²) in [5, 5.41) is 5.75. The van der Waals surface area contributed by atoms with E-state index in [4.69, 9.17) is 14.2 Å². The van der Waals surface area contributed by atoms with E-state index in [0.717, 1.165) is 0 Å². The van der Waals surface area contributed by atoms with Gasteiger partial charge in [0, 0.05) is 32.5 Å². The van der Waals surface area contributed by atoms with Crippen molar-refractivity contribution < 1.29 is 55.0 Å². The highest BCUT2D eigenvalue weighted by molar-refractivity contribution is 7.91. The fraction of sp³-hybridized carbons (Fsp3) is 0.659. The number of amides is 4. The van der Waals surface area contributed by atoms with Crippen LogP contribution in [0.4, 0.5) is 23.9 Å². The van der Waals surface area contributed by atoms with Crippen LogP contribution in [0.2, 0.25) is 0 Å². The first-order chi connectivity index (χ1) is 28.4. The minimum Gasteiger partial charge on any atom is -0.497 e. The van der Waals surface area contributed by atoms with E-state index in [-0.39, 0.29) is 37.1 Å². The Balaban J connectivity index is 1.39. The molecule has 3 fully saturated rings. The molecule has 2 aliphatic heterocycles. The molecule has 0 bridgehead atoms. The lowest BCUT2D eigenvalue weighted by molar-refractivity contribution is -0.244. The lowest BCUT2D eigenvalue weighted by Crippen LogP contribution is -2.60. The number of anilines is 1. The van der Waals surface area contributed by atoms with E-state index in [1.165, 1.54) is 18.9 Å². The van der Waals surface area contributed by atoms with Crippen molar-refractivity contribution in [3.05, 3.63) is 30.4 Å². The first-order valence-electron chi connectivity index (χ1n) is 20.6. The summed E-state index contributed by atoms with van der Waals surface area (Å²) in [6.07, 6.45) is -1.10. The molecule has 0 unspecified atom stereocenters. The molecular formula is C41H56F3N7O9S. The summed E-state index contributed by atoms with van der Waals surface area (Å²) in [5.74, 6) is -2.73. The van der Waals surface area contributed by atoms with Gasteiger partial charge in [0.05, 0.1) is 29.3 Å². The molecule has 3 heterocycles. The molecule has 2 aliphatic carbocycles. The van der Waals surface area contributed by atoms with Gasteiger partial charge in [-0.25, -0.2) is 18.2 Å². The molecule has 61 heavy (non-hydrogen) atoms. The molecule has 7 atom stereocenters. The minimum absolute atomic E-state index is 0.0445. The zero-order chi connectivity index (χ0) is 44.9. The number of benzene rings is 1. The number of allylic oxidation sites excluding steroid dienone is 1. The van der Waals surface area contributed by atoms with Crippen LogP contribution in [0.3, 0.4) is 0 Å². The van der Waals surface area contributed by atoms with Crippen molar-refractivity contribution in [2.45, 2.75) is 126 Å². The van der Waals surface area contributed by atoms with Crippen LogP contribution in [0, 0.1) is 17.8 Å². The van der Waals surface area contributed by atoms with Crippen molar-refractivity contribution in [1.29, 1.82) is 0 Å². The molecule has 16 nitrogen and oxygen atoms in total. The van der Waals surface area contributed by atoms with Gasteiger partial charge in [0.25, 0.3) is 5.91 Å². The highest BCUT2D eigenvalue weighted by atomic mass is 32.2. The number of hydrogen-bond donors (Lipinski definition) is 3. The van der Waals surface area contributed by atoms with Crippen molar-refractivity contribution in [3.63, 3.8) is 0 Å². The van der Waals surface area contributed by atoms with Gasteiger partial charge >= 0.3 is 12.3 Å². The second kappa shape index (κ2) is 16.8. The van der Waals surface area contributed by atoms with Gasteiger partial charge in [-0.2, -0.15) is 18.2 Å². The molecule has 4 amide bonds. The number of halogens is 3. The zero-order valence-corrected chi connectivity index (χ0v) is 36.5. The molecule has 0 radical (unpaired) electrons. The van der Waals surface area contributed by atoms with E-state index >= 15 is 0 Å². The summed E-state index contributed by atoms with van der Waals surface area (Å²) in [4.78, 5) is 69.0. The summed E-state index contributed by atoms with van der Waals surface area (Å²) in [6.45, 7) is 6.44. The van der Waals surface area contributed by atoms with Crippen molar-refractivity contribution in [2.24, 2.45) is 17.8 Å². The maximum absolute atomic E-state index is 15.0. The molecule has 1 aromatic heterocycles. The first-order valence-corrected chi connectivity index (χ1v) is 22.0. The van der Waals surface area contributed by atoms with Crippen molar-refractivity contribution in [1.82, 2.24) is 30.2 Å². The van der Waals surface area contributed by atoms with E-state index in [1.807, 2.05) is 13.0 Å².